The fraction of sp³-hybridized carbons (Fsp3) is 1.00. The third kappa shape index (κ3) is 3.61. The van der Waals surface area contributed by atoms with E-state index >= 15 is 0 Å². The maximum absolute atomic E-state index is 13.1. The molecule has 0 bridgehead atoms. The second-order valence-corrected chi connectivity index (χ2v) is 9.01. The van der Waals surface area contributed by atoms with Crippen LogP contribution in [-0.4, -0.2) is 44.7 Å². The molecule has 0 aromatic rings. The second kappa shape index (κ2) is 4.56. The fourth-order valence-corrected chi connectivity index (χ4v) is 4.95. The minimum absolute atomic E-state index is 0.0430. The van der Waals surface area contributed by atoms with Crippen molar-refractivity contribution in [3.8, 4) is 0 Å². The van der Waals surface area contributed by atoms with Crippen molar-refractivity contribution in [2.75, 3.05) is 19.0 Å². The van der Waals surface area contributed by atoms with E-state index in [2.05, 4.69) is 4.62 Å². The summed E-state index contributed by atoms with van der Waals surface area (Å²) in [5, 5.41) is 1.04. The molecule has 1 aliphatic carbocycles. The van der Waals surface area contributed by atoms with Gasteiger partial charge in [-0.3, -0.25) is 9.13 Å². The van der Waals surface area contributed by atoms with Gasteiger partial charge in [-0.25, -0.2) is 13.4 Å². The molecule has 7 nitrogen and oxygen atoms in total. The summed E-state index contributed by atoms with van der Waals surface area (Å²) in [6, 6.07) is 0. The second-order valence-electron chi connectivity index (χ2n) is 5.12. The molecule has 2 rings (SSSR count). The highest BCUT2D eigenvalue weighted by Gasteiger charge is 2.70. The first-order chi connectivity index (χ1) is 8.45. The van der Waals surface area contributed by atoms with Gasteiger partial charge in [0.25, 0.3) is 5.92 Å². The minimum atomic E-state index is -4.67. The molecule has 1 unspecified atom stereocenters. The fourth-order valence-electron chi connectivity index (χ4n) is 2.36. The first-order valence-corrected chi connectivity index (χ1v) is 9.20. The Morgan fingerprint density at radius 2 is 1.63 bits per heavy atom. The normalized spacial score (nSPS) is 29.1. The molecule has 0 aromatic heterocycles. The third-order valence-electron chi connectivity index (χ3n) is 3.50. The molecule has 1 spiro atoms. The predicted octanol–water partition coefficient (Wildman–Crippen LogP) is 1.36. The van der Waals surface area contributed by atoms with Crippen LogP contribution in [0.25, 0.3) is 0 Å². The standard InChI is InChI=1S/C8H15F2NO6P2/c9-8(10)5-7(8)1-3-11(4-2-7)17-19(15,16)6-18(12,13)14/h1-6H2,(H,15,16)(H2,12,13,14). The van der Waals surface area contributed by atoms with Crippen molar-refractivity contribution in [1.29, 1.82) is 0 Å². The number of alkyl halides is 2. The van der Waals surface area contributed by atoms with Gasteiger partial charge in [-0.05, 0) is 12.8 Å². The van der Waals surface area contributed by atoms with E-state index in [1.54, 1.807) is 0 Å². The van der Waals surface area contributed by atoms with Crippen molar-refractivity contribution in [1.82, 2.24) is 5.06 Å². The molecule has 1 heterocycles. The number of hydrogen-bond donors (Lipinski definition) is 3. The SMILES string of the molecule is O=P(O)(O)CP(=O)(O)ON1CCC2(CC1)CC2(F)F. The summed E-state index contributed by atoms with van der Waals surface area (Å²) in [5.74, 6) is -3.95. The Kier molecular flexibility index (Phi) is 3.72. The van der Waals surface area contributed by atoms with Crippen LogP contribution in [0.5, 0.6) is 0 Å². The molecule has 1 saturated heterocycles. The van der Waals surface area contributed by atoms with Crippen LogP contribution in [0.3, 0.4) is 0 Å². The molecule has 1 saturated carbocycles. The van der Waals surface area contributed by atoms with E-state index in [0.717, 1.165) is 5.06 Å². The Morgan fingerprint density at radius 1 is 1.16 bits per heavy atom. The van der Waals surface area contributed by atoms with Crippen molar-refractivity contribution < 1.29 is 37.2 Å². The van der Waals surface area contributed by atoms with E-state index in [1.807, 2.05) is 0 Å². The Balaban J connectivity index is 1.86. The van der Waals surface area contributed by atoms with Gasteiger partial charge in [-0.1, -0.05) is 0 Å². The average Bonchev–Trinajstić information content (AvgIpc) is 2.68. The van der Waals surface area contributed by atoms with E-state index in [9.17, 15) is 22.8 Å². The number of rotatable bonds is 4. The third-order valence-corrected chi connectivity index (χ3v) is 6.89. The summed E-state index contributed by atoms with van der Waals surface area (Å²) in [7, 11) is -9.13. The van der Waals surface area contributed by atoms with Crippen LogP contribution in [0.15, 0.2) is 0 Å². The van der Waals surface area contributed by atoms with E-state index in [0.29, 0.717) is 0 Å². The van der Waals surface area contributed by atoms with Crippen LogP contribution in [0.1, 0.15) is 19.3 Å². The van der Waals surface area contributed by atoms with Crippen molar-refractivity contribution in [2.24, 2.45) is 5.41 Å². The number of nitrogens with zero attached hydrogens (tertiary/aromatic N) is 1. The van der Waals surface area contributed by atoms with Gasteiger partial charge < -0.3 is 14.7 Å². The van der Waals surface area contributed by atoms with Gasteiger partial charge in [0.05, 0.1) is 0 Å². The molecular formula is C8H15F2NO6P2. The summed E-state index contributed by atoms with van der Waals surface area (Å²) in [6.45, 7) is 0.0859. The molecule has 19 heavy (non-hydrogen) atoms. The molecule has 11 heteroatoms. The van der Waals surface area contributed by atoms with Crippen molar-refractivity contribution in [3.05, 3.63) is 0 Å². The van der Waals surface area contributed by atoms with Gasteiger partial charge in [-0.2, -0.15) is 5.06 Å². The first kappa shape index (κ1) is 15.5. The number of piperidine rings is 1. The van der Waals surface area contributed by atoms with Gasteiger partial charge in [0.1, 0.15) is 0 Å². The van der Waals surface area contributed by atoms with Gasteiger partial charge in [-0.15, -0.1) is 0 Å². The Labute approximate surface area is 108 Å². The Bertz CT molecular complexity index is 458. The molecule has 1 aliphatic heterocycles. The number of halogens is 2. The van der Waals surface area contributed by atoms with E-state index in [-0.39, 0.29) is 32.4 Å². The molecule has 0 aromatic carbocycles. The Morgan fingerprint density at radius 3 is 2.00 bits per heavy atom. The molecule has 2 fully saturated rings. The summed E-state index contributed by atoms with van der Waals surface area (Å²) in [5.41, 5.74) is -1.02. The highest BCUT2D eigenvalue weighted by molar-refractivity contribution is 7.69. The molecular weight excluding hydrogens is 306 g/mol. The lowest BCUT2D eigenvalue weighted by molar-refractivity contribution is -0.103. The monoisotopic (exact) mass is 321 g/mol. The summed E-state index contributed by atoms with van der Waals surface area (Å²) >= 11 is 0. The van der Waals surface area contributed by atoms with Crippen LogP contribution in [0, 0.1) is 5.41 Å². The Hall–Kier alpha value is 0.120. The van der Waals surface area contributed by atoms with E-state index in [4.69, 9.17) is 9.79 Å². The molecule has 0 radical (unpaired) electrons. The molecule has 112 valence electrons. The topological polar surface area (TPSA) is 107 Å². The lowest BCUT2D eigenvalue weighted by Gasteiger charge is -2.32. The van der Waals surface area contributed by atoms with Gasteiger partial charge in [0.15, 0.2) is 5.90 Å². The molecule has 1 atom stereocenters. The number of hydroxylamine groups is 2. The lowest BCUT2D eigenvalue weighted by atomic mass is 9.94. The average molecular weight is 321 g/mol. The quantitative estimate of drug-likeness (QED) is 0.671. The molecule has 0 amide bonds. The lowest BCUT2D eigenvalue weighted by Crippen LogP contribution is -2.36. The first-order valence-electron chi connectivity index (χ1n) is 5.64. The summed E-state index contributed by atoms with van der Waals surface area (Å²) in [4.78, 5) is 26.6. The maximum Gasteiger partial charge on any atom is 0.356 e. The highest BCUT2D eigenvalue weighted by Crippen LogP contribution is 2.66. The zero-order valence-corrected chi connectivity index (χ0v) is 11.7. The predicted molar refractivity (Wildman–Crippen MR) is 60.6 cm³/mol. The van der Waals surface area contributed by atoms with Crippen molar-refractivity contribution >= 4 is 15.2 Å². The van der Waals surface area contributed by atoms with Crippen LogP contribution in [-0.2, 0) is 13.8 Å². The van der Waals surface area contributed by atoms with Crippen molar-refractivity contribution in [2.45, 2.75) is 25.2 Å². The number of hydrogen-bond acceptors (Lipinski definition) is 4. The van der Waals surface area contributed by atoms with Gasteiger partial charge in [0.2, 0.25) is 0 Å². The maximum atomic E-state index is 13.1. The summed E-state index contributed by atoms with van der Waals surface area (Å²) in [6.07, 6.45) is 0.0962. The highest BCUT2D eigenvalue weighted by atomic mass is 31.2. The van der Waals surface area contributed by atoms with Crippen LogP contribution in [0.2, 0.25) is 0 Å². The van der Waals surface area contributed by atoms with E-state index in [1.165, 1.54) is 0 Å². The van der Waals surface area contributed by atoms with Gasteiger partial charge in [0, 0.05) is 24.9 Å². The van der Waals surface area contributed by atoms with Crippen molar-refractivity contribution in [3.63, 3.8) is 0 Å². The zero-order valence-electron chi connectivity index (χ0n) is 9.91. The van der Waals surface area contributed by atoms with E-state index < -0.39 is 32.4 Å². The molecule has 2 aliphatic rings. The zero-order chi connectivity index (χ0) is 14.5. The van der Waals surface area contributed by atoms with Gasteiger partial charge >= 0.3 is 15.2 Å². The van der Waals surface area contributed by atoms with Crippen LogP contribution < -0.4 is 0 Å². The smallest absolute Gasteiger partial charge is 0.324 e. The summed E-state index contributed by atoms with van der Waals surface area (Å²) < 4.78 is 52.9. The van der Waals surface area contributed by atoms with Crippen LogP contribution in [0.4, 0.5) is 8.78 Å². The van der Waals surface area contributed by atoms with Crippen LogP contribution >= 0.6 is 15.2 Å². The minimum Gasteiger partial charge on any atom is -0.324 e. The molecule has 3 N–H and O–H groups in total. The largest absolute Gasteiger partial charge is 0.356 e.